The van der Waals surface area contributed by atoms with Crippen LogP contribution in [0.1, 0.15) is 25.8 Å². The van der Waals surface area contributed by atoms with Gasteiger partial charge in [0.2, 0.25) is 5.91 Å². The molecule has 1 amide bonds. The summed E-state index contributed by atoms with van der Waals surface area (Å²) >= 11 is 0. The maximum atomic E-state index is 11.9. The van der Waals surface area contributed by atoms with Crippen molar-refractivity contribution in [3.05, 3.63) is 30.1 Å². The summed E-state index contributed by atoms with van der Waals surface area (Å²) in [5, 5.41) is 9.00. The second-order valence-electron chi connectivity index (χ2n) is 5.29. The Kier molecular flexibility index (Phi) is 5.03. The Morgan fingerprint density at radius 1 is 1.32 bits per heavy atom. The van der Waals surface area contributed by atoms with Crippen molar-refractivity contribution in [3.63, 3.8) is 0 Å². The first-order chi connectivity index (χ1) is 8.83. The first-order valence-electron chi connectivity index (χ1n) is 6.19. The molecule has 0 spiro atoms. The molecule has 0 aliphatic carbocycles. The van der Waals surface area contributed by atoms with E-state index >= 15 is 0 Å². The molecule has 0 saturated carbocycles. The molecule has 0 unspecified atom stereocenters. The number of aliphatic carboxylic acids is 1. The Labute approximate surface area is 113 Å². The van der Waals surface area contributed by atoms with Gasteiger partial charge in [0.05, 0.1) is 5.41 Å². The predicted octanol–water partition coefficient (Wildman–Crippen LogP) is 1.58. The van der Waals surface area contributed by atoms with E-state index in [1.807, 2.05) is 12.1 Å². The van der Waals surface area contributed by atoms with Crippen molar-refractivity contribution in [2.45, 2.75) is 26.7 Å². The highest BCUT2D eigenvalue weighted by atomic mass is 16.4. The maximum absolute atomic E-state index is 11.9. The number of hydrogen-bond acceptors (Lipinski definition) is 3. The highest BCUT2D eigenvalue weighted by Gasteiger charge is 2.31. The Hall–Kier alpha value is -1.91. The minimum Gasteiger partial charge on any atom is -0.481 e. The molecule has 0 aliphatic heterocycles. The molecule has 5 heteroatoms. The SMILES string of the molecule is CN(CCc1ccncc1)C(=O)CC(C)(C)C(=O)O. The Bertz CT molecular complexity index is 443. The van der Waals surface area contributed by atoms with E-state index in [1.54, 1.807) is 38.2 Å². The molecule has 0 atom stereocenters. The molecule has 0 radical (unpaired) electrons. The number of rotatable bonds is 6. The van der Waals surface area contributed by atoms with E-state index in [9.17, 15) is 9.59 Å². The lowest BCUT2D eigenvalue weighted by Crippen LogP contribution is -2.35. The second-order valence-corrected chi connectivity index (χ2v) is 5.29. The van der Waals surface area contributed by atoms with E-state index in [1.165, 1.54) is 0 Å². The summed E-state index contributed by atoms with van der Waals surface area (Å²) < 4.78 is 0. The number of nitrogens with zero attached hydrogens (tertiary/aromatic N) is 2. The zero-order valence-corrected chi connectivity index (χ0v) is 11.6. The van der Waals surface area contributed by atoms with Gasteiger partial charge in [-0.1, -0.05) is 0 Å². The quantitative estimate of drug-likeness (QED) is 0.847. The molecule has 0 aliphatic rings. The number of carboxylic acids is 1. The van der Waals surface area contributed by atoms with Gasteiger partial charge in [0.25, 0.3) is 0 Å². The Morgan fingerprint density at radius 2 is 1.89 bits per heavy atom. The van der Waals surface area contributed by atoms with Crippen molar-refractivity contribution in [3.8, 4) is 0 Å². The van der Waals surface area contributed by atoms with Crippen molar-refractivity contribution < 1.29 is 14.7 Å². The van der Waals surface area contributed by atoms with Crippen LogP contribution in [0.2, 0.25) is 0 Å². The summed E-state index contributed by atoms with van der Waals surface area (Å²) in [5.41, 5.74) is 0.0781. The minimum atomic E-state index is -1.03. The third-order valence-electron chi connectivity index (χ3n) is 3.08. The van der Waals surface area contributed by atoms with Crippen molar-refractivity contribution in [2.24, 2.45) is 5.41 Å². The molecule has 1 N–H and O–H groups in total. The van der Waals surface area contributed by atoms with Gasteiger partial charge in [-0.25, -0.2) is 0 Å². The van der Waals surface area contributed by atoms with Crippen molar-refractivity contribution in [1.82, 2.24) is 9.88 Å². The van der Waals surface area contributed by atoms with Gasteiger partial charge in [-0.2, -0.15) is 0 Å². The fourth-order valence-corrected chi connectivity index (χ4v) is 1.56. The highest BCUT2D eigenvalue weighted by molar-refractivity contribution is 5.84. The van der Waals surface area contributed by atoms with E-state index in [2.05, 4.69) is 4.98 Å². The molecule has 19 heavy (non-hydrogen) atoms. The number of aromatic nitrogens is 1. The van der Waals surface area contributed by atoms with Crippen LogP contribution in [0.25, 0.3) is 0 Å². The monoisotopic (exact) mass is 264 g/mol. The van der Waals surface area contributed by atoms with Gasteiger partial charge in [-0.3, -0.25) is 14.6 Å². The third kappa shape index (κ3) is 4.69. The zero-order valence-electron chi connectivity index (χ0n) is 11.6. The van der Waals surface area contributed by atoms with E-state index < -0.39 is 11.4 Å². The number of hydrogen-bond donors (Lipinski definition) is 1. The highest BCUT2D eigenvalue weighted by Crippen LogP contribution is 2.21. The van der Waals surface area contributed by atoms with E-state index in [4.69, 9.17) is 5.11 Å². The summed E-state index contributed by atoms with van der Waals surface area (Å²) in [7, 11) is 1.70. The number of carboxylic acid groups (broad SMARTS) is 1. The first-order valence-corrected chi connectivity index (χ1v) is 6.19. The third-order valence-corrected chi connectivity index (χ3v) is 3.08. The van der Waals surface area contributed by atoms with Crippen LogP contribution in [0, 0.1) is 5.41 Å². The normalized spacial score (nSPS) is 11.1. The van der Waals surface area contributed by atoms with Crippen LogP contribution in [-0.4, -0.2) is 40.5 Å². The molecule has 1 heterocycles. The molecule has 1 rings (SSSR count). The largest absolute Gasteiger partial charge is 0.481 e. The average molecular weight is 264 g/mol. The Morgan fingerprint density at radius 3 is 2.42 bits per heavy atom. The fourth-order valence-electron chi connectivity index (χ4n) is 1.56. The molecule has 0 bridgehead atoms. The van der Waals surface area contributed by atoms with Crippen LogP contribution in [0.3, 0.4) is 0 Å². The van der Waals surface area contributed by atoms with Crippen molar-refractivity contribution in [1.29, 1.82) is 0 Å². The van der Waals surface area contributed by atoms with Gasteiger partial charge in [-0.05, 0) is 38.0 Å². The lowest BCUT2D eigenvalue weighted by Gasteiger charge is -2.23. The molecular weight excluding hydrogens is 244 g/mol. The van der Waals surface area contributed by atoms with Gasteiger partial charge in [0, 0.05) is 32.4 Å². The maximum Gasteiger partial charge on any atom is 0.309 e. The molecule has 0 aromatic carbocycles. The van der Waals surface area contributed by atoms with Gasteiger partial charge in [-0.15, -0.1) is 0 Å². The molecule has 104 valence electrons. The summed E-state index contributed by atoms with van der Waals surface area (Å²) in [5.74, 6) is -1.11. The number of carbonyl (C=O) groups is 2. The van der Waals surface area contributed by atoms with E-state index in [-0.39, 0.29) is 12.3 Å². The lowest BCUT2D eigenvalue weighted by atomic mass is 9.89. The fraction of sp³-hybridized carbons (Fsp3) is 0.500. The minimum absolute atomic E-state index is 0.00911. The molecule has 0 saturated heterocycles. The zero-order chi connectivity index (χ0) is 14.5. The molecule has 5 nitrogen and oxygen atoms in total. The van der Waals surface area contributed by atoms with Crippen LogP contribution in [-0.2, 0) is 16.0 Å². The number of likely N-dealkylation sites (N-methyl/N-ethyl adjacent to an activating group) is 1. The number of pyridine rings is 1. The van der Waals surface area contributed by atoms with Crippen molar-refractivity contribution in [2.75, 3.05) is 13.6 Å². The van der Waals surface area contributed by atoms with Gasteiger partial charge in [0.15, 0.2) is 0 Å². The smallest absolute Gasteiger partial charge is 0.309 e. The molecule has 1 aromatic heterocycles. The topological polar surface area (TPSA) is 70.5 Å². The van der Waals surface area contributed by atoms with Crippen LogP contribution >= 0.6 is 0 Å². The summed E-state index contributed by atoms with van der Waals surface area (Å²) in [6.45, 7) is 3.69. The van der Waals surface area contributed by atoms with Crippen molar-refractivity contribution >= 4 is 11.9 Å². The first kappa shape index (κ1) is 15.1. The standard InChI is InChI=1S/C14H20N2O3/c1-14(2,13(18)19)10-12(17)16(3)9-6-11-4-7-15-8-5-11/h4-5,7-8H,6,9-10H2,1-3H3,(H,18,19). The number of carbonyl (C=O) groups excluding carboxylic acids is 1. The van der Waals surface area contributed by atoms with Gasteiger partial charge >= 0.3 is 5.97 Å². The van der Waals surface area contributed by atoms with Gasteiger partial charge < -0.3 is 10.0 Å². The van der Waals surface area contributed by atoms with E-state index in [0.717, 1.165) is 12.0 Å². The molecule has 0 fully saturated rings. The Balaban J connectivity index is 2.48. The van der Waals surface area contributed by atoms with Gasteiger partial charge in [0.1, 0.15) is 0 Å². The lowest BCUT2D eigenvalue weighted by molar-refractivity contribution is -0.151. The van der Waals surface area contributed by atoms with Crippen LogP contribution in [0.4, 0.5) is 0 Å². The summed E-state index contributed by atoms with van der Waals surface area (Å²) in [6, 6.07) is 3.80. The predicted molar refractivity (Wildman–Crippen MR) is 71.6 cm³/mol. The molecular formula is C14H20N2O3. The second kappa shape index (κ2) is 6.31. The summed E-state index contributed by atoms with van der Waals surface area (Å²) in [6.07, 6.45) is 4.17. The van der Waals surface area contributed by atoms with Crippen LogP contribution in [0.5, 0.6) is 0 Å². The van der Waals surface area contributed by atoms with E-state index in [0.29, 0.717) is 6.54 Å². The van der Waals surface area contributed by atoms with Crippen LogP contribution < -0.4 is 0 Å². The number of amides is 1. The summed E-state index contributed by atoms with van der Waals surface area (Å²) in [4.78, 5) is 28.4. The molecule has 1 aromatic rings. The van der Waals surface area contributed by atoms with Crippen LogP contribution in [0.15, 0.2) is 24.5 Å². The average Bonchev–Trinajstić information content (AvgIpc) is 2.36.